The van der Waals surface area contributed by atoms with Crippen LogP contribution in [0.25, 0.3) is 0 Å². The number of carbonyl (C=O) groups is 1. The molecule has 4 nitrogen and oxygen atoms in total. The SMILES string of the molecule is CCOC(=O)c1ccc(N)c(Oc2ccccc2I)c1. The molecule has 0 spiro atoms. The molecular formula is C15H14INO3. The number of benzene rings is 2. The first-order valence-corrected chi connectivity index (χ1v) is 7.18. The molecule has 0 unspecified atom stereocenters. The first-order valence-electron chi connectivity index (χ1n) is 6.11. The molecule has 2 aromatic rings. The Labute approximate surface area is 131 Å². The first kappa shape index (κ1) is 14.6. The highest BCUT2D eigenvalue weighted by Gasteiger charge is 2.11. The summed E-state index contributed by atoms with van der Waals surface area (Å²) in [6, 6.07) is 12.4. The Balaban J connectivity index is 2.30. The van der Waals surface area contributed by atoms with Crippen LogP contribution < -0.4 is 10.5 Å². The van der Waals surface area contributed by atoms with Crippen molar-refractivity contribution in [2.75, 3.05) is 12.3 Å². The largest absolute Gasteiger partial charge is 0.462 e. The minimum absolute atomic E-state index is 0.329. The van der Waals surface area contributed by atoms with E-state index in [1.165, 1.54) is 0 Å². The van der Waals surface area contributed by atoms with Crippen LogP contribution in [-0.2, 0) is 4.74 Å². The number of hydrogen-bond acceptors (Lipinski definition) is 4. The predicted molar refractivity (Wildman–Crippen MR) is 86.0 cm³/mol. The van der Waals surface area contributed by atoms with E-state index in [0.29, 0.717) is 29.4 Å². The Kier molecular flexibility index (Phi) is 4.84. The lowest BCUT2D eigenvalue weighted by Gasteiger charge is -2.11. The van der Waals surface area contributed by atoms with E-state index >= 15 is 0 Å². The number of anilines is 1. The topological polar surface area (TPSA) is 61.5 Å². The van der Waals surface area contributed by atoms with E-state index < -0.39 is 0 Å². The van der Waals surface area contributed by atoms with Gasteiger partial charge in [0.2, 0.25) is 0 Å². The third kappa shape index (κ3) is 3.41. The zero-order chi connectivity index (χ0) is 14.5. The van der Waals surface area contributed by atoms with Crippen LogP contribution in [0.1, 0.15) is 17.3 Å². The fourth-order valence-electron chi connectivity index (χ4n) is 1.61. The lowest BCUT2D eigenvalue weighted by Crippen LogP contribution is -2.05. The maximum Gasteiger partial charge on any atom is 0.338 e. The van der Waals surface area contributed by atoms with E-state index in [1.54, 1.807) is 25.1 Å². The Morgan fingerprint density at radius 3 is 2.65 bits per heavy atom. The Hall–Kier alpha value is -1.76. The van der Waals surface area contributed by atoms with Gasteiger partial charge in [-0.05, 0) is 59.8 Å². The van der Waals surface area contributed by atoms with Gasteiger partial charge in [0.15, 0.2) is 5.75 Å². The molecule has 2 N–H and O–H groups in total. The number of nitrogen functional groups attached to an aromatic ring is 1. The predicted octanol–water partition coefficient (Wildman–Crippen LogP) is 3.84. The van der Waals surface area contributed by atoms with Crippen LogP contribution in [0.5, 0.6) is 11.5 Å². The first-order chi connectivity index (χ1) is 9.61. The van der Waals surface area contributed by atoms with Crippen molar-refractivity contribution in [2.45, 2.75) is 6.92 Å². The molecule has 0 amide bonds. The molecule has 5 heteroatoms. The zero-order valence-electron chi connectivity index (χ0n) is 10.9. The Bertz CT molecular complexity index is 628. The zero-order valence-corrected chi connectivity index (χ0v) is 13.1. The normalized spacial score (nSPS) is 10.1. The maximum absolute atomic E-state index is 11.7. The van der Waals surface area contributed by atoms with Crippen LogP contribution in [0.2, 0.25) is 0 Å². The lowest BCUT2D eigenvalue weighted by atomic mass is 10.2. The third-order valence-electron chi connectivity index (χ3n) is 2.58. The number of nitrogens with two attached hydrogens (primary N) is 1. The van der Waals surface area contributed by atoms with Crippen LogP contribution in [0.15, 0.2) is 42.5 Å². The quantitative estimate of drug-likeness (QED) is 0.495. The van der Waals surface area contributed by atoms with E-state index in [2.05, 4.69) is 22.6 Å². The summed E-state index contributed by atoms with van der Waals surface area (Å²) in [6.07, 6.45) is 0. The molecule has 2 aromatic carbocycles. The number of halogens is 1. The number of ether oxygens (including phenoxy) is 2. The van der Waals surface area contributed by atoms with Gasteiger partial charge in [0.05, 0.1) is 21.4 Å². The van der Waals surface area contributed by atoms with Crippen molar-refractivity contribution in [3.63, 3.8) is 0 Å². The fourth-order valence-corrected chi connectivity index (χ4v) is 2.11. The van der Waals surface area contributed by atoms with E-state index in [0.717, 1.165) is 3.57 Å². The summed E-state index contributed by atoms with van der Waals surface area (Å²) < 4.78 is 11.7. The van der Waals surface area contributed by atoms with Gasteiger partial charge in [-0.25, -0.2) is 4.79 Å². The molecule has 0 aliphatic rings. The summed E-state index contributed by atoms with van der Waals surface area (Å²) in [5.41, 5.74) is 6.77. The molecular weight excluding hydrogens is 369 g/mol. The van der Waals surface area contributed by atoms with Gasteiger partial charge >= 0.3 is 5.97 Å². The molecule has 0 aliphatic carbocycles. The van der Waals surface area contributed by atoms with E-state index in [9.17, 15) is 4.79 Å². The average molecular weight is 383 g/mol. The number of carbonyl (C=O) groups excluding carboxylic acids is 1. The molecule has 0 bridgehead atoms. The minimum atomic E-state index is -0.389. The molecule has 104 valence electrons. The summed E-state index contributed by atoms with van der Waals surface area (Å²) in [6.45, 7) is 2.09. The molecule has 0 fully saturated rings. The van der Waals surface area contributed by atoms with Crippen molar-refractivity contribution in [3.8, 4) is 11.5 Å². The highest BCUT2D eigenvalue weighted by atomic mass is 127. The summed E-state index contributed by atoms with van der Waals surface area (Å²) >= 11 is 2.18. The average Bonchev–Trinajstić information content (AvgIpc) is 2.44. The third-order valence-corrected chi connectivity index (χ3v) is 3.47. The molecule has 0 radical (unpaired) electrons. The van der Waals surface area contributed by atoms with Crippen molar-refractivity contribution < 1.29 is 14.3 Å². The number of hydrogen-bond donors (Lipinski definition) is 1. The van der Waals surface area contributed by atoms with Gasteiger partial charge in [-0.15, -0.1) is 0 Å². The Morgan fingerprint density at radius 2 is 1.95 bits per heavy atom. The van der Waals surface area contributed by atoms with Crippen LogP contribution in [-0.4, -0.2) is 12.6 Å². The Morgan fingerprint density at radius 1 is 1.20 bits per heavy atom. The number of para-hydroxylation sites is 1. The second-order valence-electron chi connectivity index (χ2n) is 4.01. The van der Waals surface area contributed by atoms with Gasteiger partial charge in [-0.1, -0.05) is 12.1 Å². The number of esters is 1. The second-order valence-corrected chi connectivity index (χ2v) is 5.17. The van der Waals surface area contributed by atoms with Gasteiger partial charge < -0.3 is 15.2 Å². The molecule has 0 atom stereocenters. The van der Waals surface area contributed by atoms with Gasteiger partial charge in [0, 0.05) is 0 Å². The molecule has 20 heavy (non-hydrogen) atoms. The van der Waals surface area contributed by atoms with Gasteiger partial charge in [-0.2, -0.15) is 0 Å². The van der Waals surface area contributed by atoms with Crippen molar-refractivity contribution in [2.24, 2.45) is 0 Å². The van der Waals surface area contributed by atoms with Crippen LogP contribution in [0.3, 0.4) is 0 Å². The second kappa shape index (κ2) is 6.60. The highest BCUT2D eigenvalue weighted by Crippen LogP contribution is 2.31. The van der Waals surface area contributed by atoms with E-state index in [4.69, 9.17) is 15.2 Å². The molecule has 0 aliphatic heterocycles. The summed E-state index contributed by atoms with van der Waals surface area (Å²) in [4.78, 5) is 11.7. The number of rotatable bonds is 4. The van der Waals surface area contributed by atoms with Crippen molar-refractivity contribution in [3.05, 3.63) is 51.6 Å². The minimum Gasteiger partial charge on any atom is -0.462 e. The molecule has 0 saturated heterocycles. The summed E-state index contributed by atoms with van der Waals surface area (Å²) in [5, 5.41) is 0. The van der Waals surface area contributed by atoms with E-state index in [1.807, 2.05) is 24.3 Å². The van der Waals surface area contributed by atoms with Crippen LogP contribution >= 0.6 is 22.6 Å². The van der Waals surface area contributed by atoms with Gasteiger partial charge in [-0.3, -0.25) is 0 Å². The lowest BCUT2D eigenvalue weighted by molar-refractivity contribution is 0.0526. The highest BCUT2D eigenvalue weighted by molar-refractivity contribution is 14.1. The van der Waals surface area contributed by atoms with Crippen molar-refractivity contribution in [1.29, 1.82) is 0 Å². The van der Waals surface area contributed by atoms with Gasteiger partial charge in [0.25, 0.3) is 0 Å². The molecule has 0 saturated carbocycles. The monoisotopic (exact) mass is 383 g/mol. The van der Waals surface area contributed by atoms with Crippen LogP contribution in [0, 0.1) is 3.57 Å². The van der Waals surface area contributed by atoms with E-state index in [-0.39, 0.29) is 5.97 Å². The fraction of sp³-hybridized carbons (Fsp3) is 0.133. The maximum atomic E-state index is 11.7. The van der Waals surface area contributed by atoms with Gasteiger partial charge in [0.1, 0.15) is 5.75 Å². The standard InChI is InChI=1S/C15H14INO3/c1-2-19-15(18)10-7-8-12(17)14(9-10)20-13-6-4-3-5-11(13)16/h3-9H,2,17H2,1H3. The molecule has 0 aromatic heterocycles. The molecule has 2 rings (SSSR count). The van der Waals surface area contributed by atoms with Crippen molar-refractivity contribution in [1.82, 2.24) is 0 Å². The molecule has 0 heterocycles. The van der Waals surface area contributed by atoms with Crippen LogP contribution in [0.4, 0.5) is 5.69 Å². The van der Waals surface area contributed by atoms with Crippen molar-refractivity contribution >= 4 is 34.2 Å². The summed E-state index contributed by atoms with van der Waals surface area (Å²) in [7, 11) is 0. The smallest absolute Gasteiger partial charge is 0.338 e. The summed E-state index contributed by atoms with van der Waals surface area (Å²) in [5.74, 6) is 0.751.